The molecular weight excluding hydrogens is 366 g/mol. The highest BCUT2D eigenvalue weighted by atomic mass is 79.9. The Bertz CT molecular complexity index is 394. The molecule has 0 saturated heterocycles. The SMILES string of the molecule is O=C(NCC1CCCC1CBr)c1ccc(Br)s1. The molecule has 1 fully saturated rings. The molecule has 5 heteroatoms. The van der Waals surface area contributed by atoms with Gasteiger partial charge in [0.1, 0.15) is 0 Å². The molecule has 2 atom stereocenters. The summed E-state index contributed by atoms with van der Waals surface area (Å²) in [4.78, 5) is 12.7. The van der Waals surface area contributed by atoms with E-state index in [9.17, 15) is 4.79 Å². The van der Waals surface area contributed by atoms with Crippen molar-refractivity contribution in [3.8, 4) is 0 Å². The lowest BCUT2D eigenvalue weighted by molar-refractivity contribution is 0.0949. The van der Waals surface area contributed by atoms with Gasteiger partial charge in [-0.15, -0.1) is 11.3 Å². The normalized spacial score (nSPS) is 23.9. The van der Waals surface area contributed by atoms with Gasteiger partial charge >= 0.3 is 0 Å². The lowest BCUT2D eigenvalue weighted by atomic mass is 9.98. The Morgan fingerprint density at radius 3 is 2.82 bits per heavy atom. The Kier molecular flexibility index (Phi) is 5.06. The minimum Gasteiger partial charge on any atom is -0.351 e. The predicted molar refractivity (Wildman–Crippen MR) is 79.0 cm³/mol. The van der Waals surface area contributed by atoms with Crippen molar-refractivity contribution in [2.45, 2.75) is 19.3 Å². The van der Waals surface area contributed by atoms with Gasteiger partial charge in [-0.05, 0) is 52.7 Å². The summed E-state index contributed by atoms with van der Waals surface area (Å²) in [5.74, 6) is 1.42. The summed E-state index contributed by atoms with van der Waals surface area (Å²) >= 11 is 8.41. The Labute approximate surface area is 122 Å². The monoisotopic (exact) mass is 379 g/mol. The van der Waals surface area contributed by atoms with Crippen LogP contribution in [0.1, 0.15) is 28.9 Å². The number of rotatable bonds is 4. The van der Waals surface area contributed by atoms with Crippen LogP contribution in [-0.2, 0) is 0 Å². The summed E-state index contributed by atoms with van der Waals surface area (Å²) in [7, 11) is 0. The molecule has 1 N–H and O–H groups in total. The average molecular weight is 381 g/mol. The van der Waals surface area contributed by atoms with E-state index in [1.807, 2.05) is 12.1 Å². The zero-order chi connectivity index (χ0) is 12.3. The Hall–Kier alpha value is 0.130. The second kappa shape index (κ2) is 6.34. The Balaban J connectivity index is 1.84. The summed E-state index contributed by atoms with van der Waals surface area (Å²) < 4.78 is 1.00. The molecular formula is C12H15Br2NOS. The van der Waals surface area contributed by atoms with Crippen molar-refractivity contribution in [2.24, 2.45) is 11.8 Å². The summed E-state index contributed by atoms with van der Waals surface area (Å²) in [5.41, 5.74) is 0. The molecule has 0 bridgehead atoms. The van der Waals surface area contributed by atoms with Crippen LogP contribution in [0.4, 0.5) is 0 Å². The number of nitrogens with one attached hydrogen (secondary N) is 1. The van der Waals surface area contributed by atoms with E-state index in [0.717, 1.165) is 26.5 Å². The van der Waals surface area contributed by atoms with Gasteiger partial charge < -0.3 is 5.32 Å². The second-order valence-electron chi connectivity index (χ2n) is 4.42. The molecule has 1 saturated carbocycles. The van der Waals surface area contributed by atoms with Gasteiger partial charge in [0.2, 0.25) is 0 Å². The fourth-order valence-corrected chi connectivity index (χ4v) is 4.49. The third-order valence-corrected chi connectivity index (χ3v) is 5.79. The predicted octanol–water partition coefficient (Wildman–Crippen LogP) is 4.05. The minimum absolute atomic E-state index is 0.0564. The van der Waals surface area contributed by atoms with Crippen molar-refractivity contribution >= 4 is 49.1 Å². The summed E-state index contributed by atoms with van der Waals surface area (Å²) in [6.45, 7) is 0.810. The highest BCUT2D eigenvalue weighted by Gasteiger charge is 2.26. The van der Waals surface area contributed by atoms with Crippen LogP contribution in [0.5, 0.6) is 0 Å². The fraction of sp³-hybridized carbons (Fsp3) is 0.583. The fourth-order valence-electron chi connectivity index (χ4n) is 2.33. The largest absolute Gasteiger partial charge is 0.351 e. The molecule has 94 valence electrons. The molecule has 0 spiro atoms. The summed E-state index contributed by atoms with van der Waals surface area (Å²) in [6, 6.07) is 3.77. The van der Waals surface area contributed by atoms with Crippen molar-refractivity contribution < 1.29 is 4.79 Å². The zero-order valence-corrected chi connectivity index (χ0v) is 13.4. The van der Waals surface area contributed by atoms with E-state index >= 15 is 0 Å². The first-order chi connectivity index (χ1) is 8.20. The van der Waals surface area contributed by atoms with Crippen LogP contribution in [0, 0.1) is 11.8 Å². The van der Waals surface area contributed by atoms with Gasteiger partial charge in [0.05, 0.1) is 8.66 Å². The maximum atomic E-state index is 11.9. The van der Waals surface area contributed by atoms with Crippen molar-refractivity contribution in [2.75, 3.05) is 11.9 Å². The molecule has 2 rings (SSSR count). The summed E-state index contributed by atoms with van der Waals surface area (Å²) in [6.07, 6.45) is 3.82. The van der Waals surface area contributed by atoms with Gasteiger partial charge in [-0.3, -0.25) is 4.79 Å². The first-order valence-corrected chi connectivity index (χ1v) is 8.53. The van der Waals surface area contributed by atoms with Gasteiger partial charge in [0.25, 0.3) is 5.91 Å². The number of thiophene rings is 1. The molecule has 1 aliphatic rings. The first kappa shape index (κ1) is 13.6. The number of hydrogen-bond donors (Lipinski definition) is 1. The van der Waals surface area contributed by atoms with E-state index in [1.165, 1.54) is 30.6 Å². The smallest absolute Gasteiger partial charge is 0.261 e. The minimum atomic E-state index is 0.0564. The lowest BCUT2D eigenvalue weighted by Gasteiger charge is -2.17. The van der Waals surface area contributed by atoms with Crippen molar-refractivity contribution in [1.82, 2.24) is 5.32 Å². The van der Waals surface area contributed by atoms with Crippen molar-refractivity contribution in [3.05, 3.63) is 20.8 Å². The number of halogens is 2. The quantitative estimate of drug-likeness (QED) is 0.784. The molecule has 2 unspecified atom stereocenters. The van der Waals surface area contributed by atoms with Gasteiger partial charge in [0.15, 0.2) is 0 Å². The molecule has 1 aliphatic carbocycles. The van der Waals surface area contributed by atoms with E-state index in [-0.39, 0.29) is 5.91 Å². The lowest BCUT2D eigenvalue weighted by Crippen LogP contribution is -2.30. The van der Waals surface area contributed by atoms with E-state index in [2.05, 4.69) is 37.2 Å². The van der Waals surface area contributed by atoms with E-state index < -0.39 is 0 Å². The molecule has 0 radical (unpaired) electrons. The first-order valence-electron chi connectivity index (χ1n) is 5.80. The third-order valence-electron chi connectivity index (χ3n) is 3.34. The van der Waals surface area contributed by atoms with Crippen LogP contribution in [0.2, 0.25) is 0 Å². The molecule has 0 aliphatic heterocycles. The Morgan fingerprint density at radius 2 is 2.18 bits per heavy atom. The number of amides is 1. The Morgan fingerprint density at radius 1 is 1.41 bits per heavy atom. The molecule has 1 aromatic rings. The molecule has 1 amide bonds. The molecule has 1 aromatic heterocycles. The number of hydrogen-bond acceptors (Lipinski definition) is 2. The zero-order valence-electron chi connectivity index (χ0n) is 9.42. The van der Waals surface area contributed by atoms with Gasteiger partial charge in [-0.1, -0.05) is 22.4 Å². The average Bonchev–Trinajstić information content (AvgIpc) is 2.94. The van der Waals surface area contributed by atoms with E-state index in [0.29, 0.717) is 5.92 Å². The van der Waals surface area contributed by atoms with Crippen LogP contribution in [0.25, 0.3) is 0 Å². The highest BCUT2D eigenvalue weighted by molar-refractivity contribution is 9.11. The van der Waals surface area contributed by atoms with Crippen LogP contribution in [0.15, 0.2) is 15.9 Å². The van der Waals surface area contributed by atoms with Crippen LogP contribution in [0.3, 0.4) is 0 Å². The van der Waals surface area contributed by atoms with Crippen molar-refractivity contribution in [1.29, 1.82) is 0 Å². The number of carbonyl (C=O) groups is 1. The molecule has 1 heterocycles. The summed E-state index contributed by atoms with van der Waals surface area (Å²) in [5, 5.41) is 4.10. The third kappa shape index (κ3) is 3.55. The second-order valence-corrected chi connectivity index (χ2v) is 7.53. The number of alkyl halides is 1. The molecule has 2 nitrogen and oxygen atoms in total. The van der Waals surface area contributed by atoms with E-state index in [4.69, 9.17) is 0 Å². The van der Waals surface area contributed by atoms with Crippen LogP contribution < -0.4 is 5.32 Å². The van der Waals surface area contributed by atoms with Crippen LogP contribution >= 0.6 is 43.2 Å². The molecule has 17 heavy (non-hydrogen) atoms. The maximum absolute atomic E-state index is 11.9. The van der Waals surface area contributed by atoms with Gasteiger partial charge in [-0.2, -0.15) is 0 Å². The highest BCUT2D eigenvalue weighted by Crippen LogP contribution is 2.32. The van der Waals surface area contributed by atoms with Crippen molar-refractivity contribution in [3.63, 3.8) is 0 Å². The van der Waals surface area contributed by atoms with Gasteiger partial charge in [0, 0.05) is 11.9 Å². The van der Waals surface area contributed by atoms with E-state index in [1.54, 1.807) is 0 Å². The topological polar surface area (TPSA) is 29.1 Å². The number of carbonyl (C=O) groups excluding carboxylic acids is 1. The van der Waals surface area contributed by atoms with Crippen LogP contribution in [-0.4, -0.2) is 17.8 Å². The van der Waals surface area contributed by atoms with Gasteiger partial charge in [-0.25, -0.2) is 0 Å². The molecule has 0 aromatic carbocycles. The standard InChI is InChI=1S/C12H15Br2NOS/c13-6-8-2-1-3-9(8)7-15-12(16)10-4-5-11(14)17-10/h4-5,8-9H,1-3,6-7H2,(H,15,16). The maximum Gasteiger partial charge on any atom is 0.261 e.